The Kier molecular flexibility index (Phi) is 7.36. The van der Waals surface area contributed by atoms with E-state index in [1.54, 1.807) is 25.5 Å². The number of carbonyl (C=O) groups excluding carboxylic acids is 1. The third-order valence-corrected chi connectivity index (χ3v) is 6.16. The maximum atomic E-state index is 14.5. The highest BCUT2D eigenvalue weighted by Gasteiger charge is 2.28. The summed E-state index contributed by atoms with van der Waals surface area (Å²) in [7, 11) is 5.02. The van der Waals surface area contributed by atoms with Gasteiger partial charge in [0.25, 0.3) is 5.91 Å². The van der Waals surface area contributed by atoms with E-state index in [-0.39, 0.29) is 17.6 Å². The number of likely N-dealkylation sites (tertiary alicyclic amines) is 1. The van der Waals surface area contributed by atoms with Crippen LogP contribution in [-0.4, -0.2) is 78.2 Å². The largest absolute Gasteiger partial charge is 0.494 e. The molecular formula is C25H30FN7O2. The summed E-state index contributed by atoms with van der Waals surface area (Å²) >= 11 is 0. The van der Waals surface area contributed by atoms with Crippen molar-refractivity contribution in [3.63, 3.8) is 0 Å². The van der Waals surface area contributed by atoms with Crippen LogP contribution in [0.4, 0.5) is 15.9 Å². The predicted molar refractivity (Wildman–Crippen MR) is 134 cm³/mol. The summed E-state index contributed by atoms with van der Waals surface area (Å²) < 4.78 is 21.9. The number of piperidine rings is 1. The molecular weight excluding hydrogens is 449 g/mol. The molecule has 0 unspecified atom stereocenters. The molecule has 0 saturated carbocycles. The van der Waals surface area contributed by atoms with Crippen LogP contribution in [0.2, 0.25) is 0 Å². The summed E-state index contributed by atoms with van der Waals surface area (Å²) in [5.41, 5.74) is 3.62. The molecule has 3 N–H and O–H groups in total. The number of alkyl halides is 1. The Morgan fingerprint density at radius 3 is 2.91 bits per heavy atom. The lowest BCUT2D eigenvalue weighted by Crippen LogP contribution is -2.46. The Morgan fingerprint density at radius 1 is 1.34 bits per heavy atom. The van der Waals surface area contributed by atoms with E-state index < -0.39 is 6.17 Å². The first-order chi connectivity index (χ1) is 16.9. The van der Waals surface area contributed by atoms with Gasteiger partial charge in [0.05, 0.1) is 37.1 Å². The van der Waals surface area contributed by atoms with E-state index in [0.717, 1.165) is 29.7 Å². The van der Waals surface area contributed by atoms with Crippen LogP contribution in [0.3, 0.4) is 0 Å². The fraction of sp³-hybridized carbons (Fsp3) is 0.400. The number of aromatic nitrogens is 3. The lowest BCUT2D eigenvalue weighted by Gasteiger charge is -2.33. The second kappa shape index (κ2) is 10.6. The smallest absolute Gasteiger partial charge is 0.269 e. The van der Waals surface area contributed by atoms with Gasteiger partial charge in [-0.15, -0.1) is 0 Å². The number of carbonyl (C=O) groups is 1. The number of ether oxygens (including phenoxy) is 1. The minimum atomic E-state index is -0.950. The van der Waals surface area contributed by atoms with Crippen LogP contribution in [-0.2, 0) is 0 Å². The Morgan fingerprint density at radius 2 is 2.17 bits per heavy atom. The topological polar surface area (TPSA) is 95.8 Å². The number of halogens is 1. The van der Waals surface area contributed by atoms with Crippen LogP contribution in [0, 0.1) is 18.8 Å². The lowest BCUT2D eigenvalue weighted by molar-refractivity contribution is 0.0958. The molecule has 4 rings (SSSR count). The van der Waals surface area contributed by atoms with Crippen molar-refractivity contribution in [1.29, 1.82) is 0 Å². The highest BCUT2D eigenvalue weighted by Crippen LogP contribution is 2.25. The number of nitrogens with zero attached hydrogens (tertiary/aromatic N) is 4. The molecule has 4 heterocycles. The quantitative estimate of drug-likeness (QED) is 0.467. The average Bonchev–Trinajstić information content (AvgIpc) is 3.19. The summed E-state index contributed by atoms with van der Waals surface area (Å²) in [5.74, 6) is 7.20. The van der Waals surface area contributed by atoms with Gasteiger partial charge in [-0.3, -0.25) is 4.79 Å². The molecule has 9 nitrogen and oxygen atoms in total. The van der Waals surface area contributed by atoms with Crippen molar-refractivity contribution in [2.45, 2.75) is 25.6 Å². The van der Waals surface area contributed by atoms with Gasteiger partial charge in [-0.05, 0) is 26.5 Å². The normalized spacial score (nSPS) is 18.0. The molecule has 1 aliphatic heterocycles. The van der Waals surface area contributed by atoms with Crippen LogP contribution in [0.5, 0.6) is 5.75 Å². The molecule has 1 aliphatic rings. The number of anilines is 2. The van der Waals surface area contributed by atoms with Crippen molar-refractivity contribution in [3.05, 3.63) is 47.7 Å². The van der Waals surface area contributed by atoms with E-state index >= 15 is 0 Å². The first-order valence-electron chi connectivity index (χ1n) is 11.5. The van der Waals surface area contributed by atoms with Crippen molar-refractivity contribution in [2.24, 2.45) is 0 Å². The fourth-order valence-electron chi connectivity index (χ4n) is 4.14. The number of amides is 1. The van der Waals surface area contributed by atoms with Crippen LogP contribution in [0.15, 0.2) is 30.7 Å². The van der Waals surface area contributed by atoms with E-state index in [0.29, 0.717) is 30.3 Å². The zero-order chi connectivity index (χ0) is 24.9. The van der Waals surface area contributed by atoms with Gasteiger partial charge in [0.2, 0.25) is 0 Å². The fourth-order valence-corrected chi connectivity index (χ4v) is 4.14. The maximum absolute atomic E-state index is 14.5. The molecule has 0 bridgehead atoms. The van der Waals surface area contributed by atoms with E-state index in [1.165, 1.54) is 7.11 Å². The van der Waals surface area contributed by atoms with Gasteiger partial charge in [-0.1, -0.05) is 11.8 Å². The lowest BCUT2D eigenvalue weighted by atomic mass is 10.0. The molecule has 0 radical (unpaired) electrons. The van der Waals surface area contributed by atoms with Crippen molar-refractivity contribution >= 4 is 22.9 Å². The van der Waals surface area contributed by atoms with Crippen molar-refractivity contribution in [1.82, 2.24) is 24.6 Å². The van der Waals surface area contributed by atoms with Crippen molar-refractivity contribution in [3.8, 4) is 17.6 Å². The molecule has 0 spiro atoms. The second-order valence-electron chi connectivity index (χ2n) is 8.50. The third-order valence-electron chi connectivity index (χ3n) is 6.16. The Bertz CT molecular complexity index is 1280. The summed E-state index contributed by atoms with van der Waals surface area (Å²) in [6.07, 6.45) is 4.92. The molecule has 0 aromatic carbocycles. The Hall–Kier alpha value is -3.84. The van der Waals surface area contributed by atoms with Crippen molar-refractivity contribution in [2.75, 3.05) is 51.5 Å². The van der Waals surface area contributed by atoms with Crippen LogP contribution >= 0.6 is 0 Å². The Balaban J connectivity index is 1.48. The number of rotatable bonds is 6. The molecule has 3 aromatic heterocycles. The molecule has 0 aliphatic carbocycles. The minimum Gasteiger partial charge on any atom is -0.494 e. The third kappa shape index (κ3) is 5.30. The maximum Gasteiger partial charge on any atom is 0.269 e. The number of pyridine rings is 1. The first kappa shape index (κ1) is 24.3. The van der Waals surface area contributed by atoms with Crippen LogP contribution < -0.4 is 20.7 Å². The standard InChI is InChI=1S/C25H30FN7O2/c1-16-17(6-5-8-28-21-14-30-20(25(34)27-2)13-23(21)35-4)12-22-24(29-9-11-33(16)22)31-19-7-10-32(3)15-18(19)26/h9,11-14,18-19,28H,7-8,10,15H2,1-4H3,(H,27,34)(H,29,31)/t18-,19+/m0/s1. The number of hydrogen-bond acceptors (Lipinski definition) is 7. The van der Waals surface area contributed by atoms with Gasteiger partial charge >= 0.3 is 0 Å². The van der Waals surface area contributed by atoms with Gasteiger partial charge in [0.1, 0.15) is 17.6 Å². The van der Waals surface area contributed by atoms with Gasteiger partial charge in [0.15, 0.2) is 5.82 Å². The van der Waals surface area contributed by atoms with E-state index in [2.05, 4.69) is 37.8 Å². The highest BCUT2D eigenvalue weighted by molar-refractivity contribution is 5.92. The van der Waals surface area contributed by atoms with E-state index in [4.69, 9.17) is 4.74 Å². The second-order valence-corrected chi connectivity index (χ2v) is 8.50. The Labute approximate surface area is 204 Å². The molecule has 1 fully saturated rings. The molecule has 184 valence electrons. The van der Waals surface area contributed by atoms with Gasteiger partial charge in [-0.2, -0.15) is 0 Å². The molecule has 3 aromatic rings. The van der Waals surface area contributed by atoms with Crippen LogP contribution in [0.1, 0.15) is 28.2 Å². The minimum absolute atomic E-state index is 0.266. The molecule has 10 heteroatoms. The van der Waals surface area contributed by atoms with Crippen LogP contribution in [0.25, 0.3) is 5.52 Å². The molecule has 35 heavy (non-hydrogen) atoms. The number of methoxy groups -OCH3 is 1. The summed E-state index contributed by atoms with van der Waals surface area (Å²) in [6, 6.07) is 3.28. The average molecular weight is 480 g/mol. The highest BCUT2D eigenvalue weighted by atomic mass is 19.1. The van der Waals surface area contributed by atoms with Gasteiger partial charge in [-0.25, -0.2) is 14.4 Å². The summed E-state index contributed by atoms with van der Waals surface area (Å²) in [5, 5.41) is 9.02. The monoisotopic (exact) mass is 479 g/mol. The van der Waals surface area contributed by atoms with E-state index in [1.807, 2.05) is 35.5 Å². The number of nitrogens with one attached hydrogen (secondary N) is 3. The number of aryl methyl sites for hydroxylation is 1. The van der Waals surface area contributed by atoms with Gasteiger partial charge in [0, 0.05) is 49.9 Å². The van der Waals surface area contributed by atoms with Crippen molar-refractivity contribution < 1.29 is 13.9 Å². The number of fused-ring (bicyclic) bond motifs is 1. The number of hydrogen-bond donors (Lipinski definition) is 3. The molecule has 2 atom stereocenters. The summed E-state index contributed by atoms with van der Waals surface area (Å²) in [4.78, 5) is 22.4. The zero-order valence-corrected chi connectivity index (χ0v) is 20.4. The molecule has 1 amide bonds. The molecule has 1 saturated heterocycles. The first-order valence-corrected chi connectivity index (χ1v) is 11.5. The SMILES string of the molecule is CNC(=O)c1cc(OC)c(NCC#Cc2cc3c(N[C@@H]4CCN(C)C[C@@H]4F)nccn3c2C)cn1. The zero-order valence-electron chi connectivity index (χ0n) is 20.4. The summed E-state index contributed by atoms with van der Waals surface area (Å²) in [6.45, 7) is 3.61. The predicted octanol–water partition coefficient (Wildman–Crippen LogP) is 2.32. The van der Waals surface area contributed by atoms with Gasteiger partial charge < -0.3 is 30.0 Å². The van der Waals surface area contributed by atoms with E-state index in [9.17, 15) is 9.18 Å².